The van der Waals surface area contributed by atoms with Crippen LogP contribution in [0.1, 0.15) is 36.5 Å². The minimum atomic E-state index is 0.292. The van der Waals surface area contributed by atoms with E-state index in [-0.39, 0.29) is 0 Å². The largest absolute Gasteiger partial charge is 0.379 e. The molecule has 0 amide bonds. The van der Waals surface area contributed by atoms with Gasteiger partial charge in [0, 0.05) is 18.5 Å². The van der Waals surface area contributed by atoms with E-state index in [0.717, 1.165) is 32.2 Å². The second-order valence-electron chi connectivity index (χ2n) is 6.23. The highest BCUT2D eigenvalue weighted by Gasteiger charge is 2.49. The van der Waals surface area contributed by atoms with Crippen molar-refractivity contribution in [3.63, 3.8) is 0 Å². The summed E-state index contributed by atoms with van der Waals surface area (Å²) in [4.78, 5) is 0. The minimum absolute atomic E-state index is 0.292. The predicted molar refractivity (Wildman–Crippen MR) is 74.1 cm³/mol. The maximum Gasteiger partial charge on any atom is 0.0589 e. The van der Waals surface area contributed by atoms with Crippen LogP contribution in [0, 0.1) is 12.8 Å². The zero-order chi connectivity index (χ0) is 12.8. The molecule has 0 atom stereocenters. The molecule has 3 rings (SSSR count). The highest BCUT2D eigenvalue weighted by Crippen LogP contribution is 2.43. The summed E-state index contributed by atoms with van der Waals surface area (Å²) in [7, 11) is 0. The molecule has 2 heteroatoms. The van der Waals surface area contributed by atoms with Gasteiger partial charge in [0.05, 0.1) is 13.2 Å². The van der Waals surface area contributed by atoms with E-state index in [1.54, 1.807) is 0 Å². The van der Waals surface area contributed by atoms with Crippen LogP contribution in [0.3, 0.4) is 0 Å². The molecule has 2 saturated heterocycles. The van der Waals surface area contributed by atoms with E-state index in [1.165, 1.54) is 16.7 Å². The molecule has 98 valence electrons. The molecule has 0 spiro atoms. The maximum absolute atomic E-state index is 5.58. The predicted octanol–water partition coefficient (Wildman–Crippen LogP) is 2.61. The monoisotopic (exact) mass is 245 g/mol. The normalized spacial score (nSPS) is 22.7. The molecule has 2 fully saturated rings. The highest BCUT2D eigenvalue weighted by atomic mass is 16.5. The summed E-state index contributed by atoms with van der Waals surface area (Å²) in [5.74, 6) is 1.36. The third-order valence-corrected chi connectivity index (χ3v) is 4.75. The Balaban J connectivity index is 2.01. The van der Waals surface area contributed by atoms with Crippen LogP contribution in [0.15, 0.2) is 18.2 Å². The van der Waals surface area contributed by atoms with Crippen LogP contribution in [-0.2, 0) is 10.2 Å². The molecular weight excluding hydrogens is 222 g/mol. The van der Waals surface area contributed by atoms with Crippen LogP contribution in [0.4, 0.5) is 0 Å². The number of rotatable bonds is 3. The van der Waals surface area contributed by atoms with Crippen molar-refractivity contribution in [3.05, 3.63) is 34.9 Å². The number of benzene rings is 1. The summed E-state index contributed by atoms with van der Waals surface area (Å²) in [5, 5.41) is 3.41. The fraction of sp³-hybridized carbons (Fsp3) is 0.625. The summed E-state index contributed by atoms with van der Waals surface area (Å²) < 4.78 is 5.58. The molecule has 1 N–H and O–H groups in total. The Morgan fingerprint density at radius 2 is 2.00 bits per heavy atom. The van der Waals surface area contributed by atoms with E-state index in [0.29, 0.717) is 11.3 Å². The van der Waals surface area contributed by atoms with E-state index >= 15 is 0 Å². The van der Waals surface area contributed by atoms with E-state index in [9.17, 15) is 0 Å². The molecule has 0 saturated carbocycles. The van der Waals surface area contributed by atoms with Gasteiger partial charge in [-0.15, -0.1) is 0 Å². The Morgan fingerprint density at radius 1 is 1.28 bits per heavy atom. The van der Waals surface area contributed by atoms with Crippen LogP contribution in [-0.4, -0.2) is 26.3 Å². The van der Waals surface area contributed by atoms with Crippen molar-refractivity contribution in [3.8, 4) is 0 Å². The molecule has 1 aromatic rings. The van der Waals surface area contributed by atoms with Crippen LogP contribution in [0.5, 0.6) is 0 Å². The first kappa shape index (κ1) is 12.2. The molecule has 0 unspecified atom stereocenters. The second-order valence-corrected chi connectivity index (χ2v) is 6.23. The maximum atomic E-state index is 5.58. The highest BCUT2D eigenvalue weighted by molar-refractivity contribution is 5.41. The third-order valence-electron chi connectivity index (χ3n) is 4.75. The van der Waals surface area contributed by atoms with Crippen molar-refractivity contribution >= 4 is 0 Å². The van der Waals surface area contributed by atoms with Crippen molar-refractivity contribution in [2.75, 3.05) is 26.3 Å². The van der Waals surface area contributed by atoms with Gasteiger partial charge >= 0.3 is 0 Å². The molecule has 0 aliphatic carbocycles. The van der Waals surface area contributed by atoms with Crippen molar-refractivity contribution in [1.29, 1.82) is 0 Å². The quantitative estimate of drug-likeness (QED) is 0.884. The Kier molecular flexibility index (Phi) is 2.95. The Bertz CT molecular complexity index is 444. The fourth-order valence-corrected chi connectivity index (χ4v) is 3.15. The molecule has 2 heterocycles. The van der Waals surface area contributed by atoms with E-state index in [1.807, 2.05) is 0 Å². The smallest absolute Gasteiger partial charge is 0.0589 e. The standard InChI is InChI=1S/C16H23NO/c1-11(2)13-5-4-12(3)15(6-13)16(9-18-10-16)14-7-17-8-14/h4-6,11,14,17H,7-10H2,1-3H3. The first-order valence-corrected chi connectivity index (χ1v) is 7.03. The lowest BCUT2D eigenvalue weighted by Gasteiger charge is -2.52. The number of hydrogen-bond donors (Lipinski definition) is 1. The van der Waals surface area contributed by atoms with E-state index in [2.05, 4.69) is 44.3 Å². The Hall–Kier alpha value is -0.860. The fourth-order valence-electron chi connectivity index (χ4n) is 3.15. The lowest BCUT2D eigenvalue weighted by molar-refractivity contribution is -0.101. The average Bonchev–Trinajstić information content (AvgIpc) is 2.21. The molecule has 18 heavy (non-hydrogen) atoms. The summed E-state index contributed by atoms with van der Waals surface area (Å²) >= 11 is 0. The van der Waals surface area contributed by atoms with E-state index in [4.69, 9.17) is 4.74 Å². The molecule has 0 bridgehead atoms. The van der Waals surface area contributed by atoms with Gasteiger partial charge in [-0.3, -0.25) is 0 Å². The van der Waals surface area contributed by atoms with Gasteiger partial charge in [-0.1, -0.05) is 32.0 Å². The molecule has 1 aromatic carbocycles. The zero-order valence-electron chi connectivity index (χ0n) is 11.6. The zero-order valence-corrected chi connectivity index (χ0v) is 11.6. The lowest BCUT2D eigenvalue weighted by atomic mass is 9.64. The second kappa shape index (κ2) is 4.36. The van der Waals surface area contributed by atoms with Gasteiger partial charge in [0.1, 0.15) is 0 Å². The molecule has 0 radical (unpaired) electrons. The lowest BCUT2D eigenvalue weighted by Crippen LogP contribution is -2.62. The Morgan fingerprint density at radius 3 is 2.44 bits per heavy atom. The summed E-state index contributed by atoms with van der Waals surface area (Å²) in [6.07, 6.45) is 0. The first-order chi connectivity index (χ1) is 8.63. The van der Waals surface area contributed by atoms with Crippen LogP contribution < -0.4 is 5.32 Å². The van der Waals surface area contributed by atoms with Crippen molar-refractivity contribution in [1.82, 2.24) is 5.32 Å². The van der Waals surface area contributed by atoms with Crippen molar-refractivity contribution < 1.29 is 4.74 Å². The van der Waals surface area contributed by atoms with Gasteiger partial charge in [-0.2, -0.15) is 0 Å². The van der Waals surface area contributed by atoms with Crippen molar-refractivity contribution in [2.24, 2.45) is 5.92 Å². The SMILES string of the molecule is Cc1ccc(C(C)C)cc1C1(C2CNC2)COC1. The number of nitrogens with one attached hydrogen (secondary N) is 1. The number of aryl methyl sites for hydroxylation is 1. The van der Waals surface area contributed by atoms with Gasteiger partial charge in [-0.05, 0) is 35.4 Å². The van der Waals surface area contributed by atoms with Gasteiger partial charge in [0.15, 0.2) is 0 Å². The molecule has 2 nitrogen and oxygen atoms in total. The summed E-state index contributed by atoms with van der Waals surface area (Å²) in [6.45, 7) is 10.9. The van der Waals surface area contributed by atoms with Crippen molar-refractivity contribution in [2.45, 2.75) is 32.1 Å². The third kappa shape index (κ3) is 1.70. The van der Waals surface area contributed by atoms with Gasteiger partial charge in [0.25, 0.3) is 0 Å². The molecule has 2 aliphatic rings. The van der Waals surface area contributed by atoms with Gasteiger partial charge in [0.2, 0.25) is 0 Å². The molecule has 2 aliphatic heterocycles. The average molecular weight is 245 g/mol. The number of ether oxygens (including phenoxy) is 1. The number of hydrogen-bond acceptors (Lipinski definition) is 2. The van der Waals surface area contributed by atoms with Gasteiger partial charge in [-0.25, -0.2) is 0 Å². The summed E-state index contributed by atoms with van der Waals surface area (Å²) in [6, 6.07) is 6.99. The molecular formula is C16H23NO. The van der Waals surface area contributed by atoms with Crippen LogP contribution in [0.25, 0.3) is 0 Å². The molecule has 0 aromatic heterocycles. The van der Waals surface area contributed by atoms with Gasteiger partial charge < -0.3 is 10.1 Å². The summed E-state index contributed by atoms with van der Waals surface area (Å²) in [5.41, 5.74) is 4.70. The minimum Gasteiger partial charge on any atom is -0.379 e. The van der Waals surface area contributed by atoms with E-state index < -0.39 is 0 Å². The topological polar surface area (TPSA) is 21.3 Å². The van der Waals surface area contributed by atoms with Crippen LogP contribution in [0.2, 0.25) is 0 Å². The first-order valence-electron chi connectivity index (χ1n) is 7.03. The van der Waals surface area contributed by atoms with Crippen LogP contribution >= 0.6 is 0 Å². The Labute approximate surface area is 110 Å².